The van der Waals surface area contributed by atoms with Crippen LogP contribution in [0.2, 0.25) is 0 Å². The molecule has 1 aliphatic heterocycles. The van der Waals surface area contributed by atoms with Gasteiger partial charge in [0.25, 0.3) is 0 Å². The van der Waals surface area contributed by atoms with E-state index >= 15 is 0 Å². The van der Waals surface area contributed by atoms with Crippen molar-refractivity contribution in [3.63, 3.8) is 0 Å². The van der Waals surface area contributed by atoms with Gasteiger partial charge in [0, 0.05) is 12.5 Å². The van der Waals surface area contributed by atoms with E-state index in [1.54, 1.807) is 0 Å². The zero-order chi connectivity index (χ0) is 11.0. The summed E-state index contributed by atoms with van der Waals surface area (Å²) >= 11 is 0. The van der Waals surface area contributed by atoms with Gasteiger partial charge in [-0.15, -0.1) is 0 Å². The fourth-order valence-electron chi connectivity index (χ4n) is 3.35. The van der Waals surface area contributed by atoms with E-state index in [4.69, 9.17) is 0 Å². The number of Topliss-reactive ketones (excluding diaryl/α,β-unsaturated/α-hetero) is 1. The number of nitrogens with zero attached hydrogens (tertiary/aromatic N) is 1. The first-order valence-electron chi connectivity index (χ1n) is 6.33. The molecule has 0 amide bonds. The standard InChI is InChI=1S/C13H23NO/c1-9(2)13(15)12-7-10-5-4-6-11(10)8-14(12)3/h9-12H,4-8H2,1-3H3. The first kappa shape index (κ1) is 11.1. The molecule has 3 unspecified atom stereocenters. The summed E-state index contributed by atoms with van der Waals surface area (Å²) < 4.78 is 0. The molecule has 15 heavy (non-hydrogen) atoms. The summed E-state index contributed by atoms with van der Waals surface area (Å²) in [7, 11) is 2.12. The summed E-state index contributed by atoms with van der Waals surface area (Å²) in [6, 6.07) is 0.212. The highest BCUT2D eigenvalue weighted by atomic mass is 16.1. The number of hydrogen-bond acceptors (Lipinski definition) is 2. The van der Waals surface area contributed by atoms with Crippen LogP contribution in [-0.2, 0) is 4.79 Å². The minimum Gasteiger partial charge on any atom is -0.298 e. The third kappa shape index (κ3) is 2.10. The molecule has 1 aliphatic carbocycles. The topological polar surface area (TPSA) is 20.3 Å². The third-order valence-corrected chi connectivity index (χ3v) is 4.29. The quantitative estimate of drug-likeness (QED) is 0.695. The van der Waals surface area contributed by atoms with Gasteiger partial charge in [-0.05, 0) is 31.7 Å². The zero-order valence-corrected chi connectivity index (χ0v) is 10.2. The van der Waals surface area contributed by atoms with Crippen LogP contribution in [0.4, 0.5) is 0 Å². The van der Waals surface area contributed by atoms with Gasteiger partial charge in [0.1, 0.15) is 0 Å². The molecule has 0 aromatic carbocycles. The maximum absolute atomic E-state index is 12.1. The van der Waals surface area contributed by atoms with Crippen molar-refractivity contribution in [3.8, 4) is 0 Å². The van der Waals surface area contributed by atoms with Crippen molar-refractivity contribution in [2.45, 2.75) is 45.6 Å². The third-order valence-electron chi connectivity index (χ3n) is 4.29. The van der Waals surface area contributed by atoms with E-state index in [0.29, 0.717) is 5.78 Å². The number of likely N-dealkylation sites (tertiary alicyclic amines) is 1. The number of carbonyl (C=O) groups is 1. The molecule has 0 N–H and O–H groups in total. The lowest BCUT2D eigenvalue weighted by Crippen LogP contribution is -2.48. The number of likely N-dealkylation sites (N-methyl/N-ethyl adjacent to an activating group) is 1. The van der Waals surface area contributed by atoms with Gasteiger partial charge in [-0.25, -0.2) is 0 Å². The number of piperidine rings is 1. The van der Waals surface area contributed by atoms with Gasteiger partial charge in [0.05, 0.1) is 6.04 Å². The maximum Gasteiger partial charge on any atom is 0.152 e. The van der Waals surface area contributed by atoms with E-state index in [1.807, 2.05) is 13.8 Å². The molecule has 0 aromatic rings. The number of rotatable bonds is 2. The number of ketones is 1. The van der Waals surface area contributed by atoms with Crippen LogP contribution in [0, 0.1) is 17.8 Å². The lowest BCUT2D eigenvalue weighted by molar-refractivity contribution is -0.129. The Labute approximate surface area is 93.0 Å². The van der Waals surface area contributed by atoms with E-state index < -0.39 is 0 Å². The molecular weight excluding hydrogens is 186 g/mol. The number of carbonyl (C=O) groups excluding carboxylic acids is 1. The summed E-state index contributed by atoms with van der Waals surface area (Å²) in [6.07, 6.45) is 5.25. The highest BCUT2D eigenvalue weighted by Crippen LogP contribution is 2.40. The molecule has 0 bridgehead atoms. The molecule has 0 radical (unpaired) electrons. The van der Waals surface area contributed by atoms with Gasteiger partial charge >= 0.3 is 0 Å². The van der Waals surface area contributed by atoms with Gasteiger partial charge in [0.15, 0.2) is 5.78 Å². The molecule has 2 fully saturated rings. The summed E-state index contributed by atoms with van der Waals surface area (Å²) in [5.41, 5.74) is 0. The molecule has 3 atom stereocenters. The van der Waals surface area contributed by atoms with E-state index in [-0.39, 0.29) is 12.0 Å². The first-order valence-corrected chi connectivity index (χ1v) is 6.33. The average Bonchev–Trinajstić information content (AvgIpc) is 2.62. The summed E-state index contributed by atoms with van der Waals surface area (Å²) in [6.45, 7) is 5.20. The Morgan fingerprint density at radius 2 is 1.93 bits per heavy atom. The van der Waals surface area contributed by atoms with Gasteiger partial charge in [0.2, 0.25) is 0 Å². The Morgan fingerprint density at radius 3 is 2.60 bits per heavy atom. The van der Waals surface area contributed by atoms with Crippen molar-refractivity contribution in [2.24, 2.45) is 17.8 Å². The minimum absolute atomic E-state index is 0.190. The fraction of sp³-hybridized carbons (Fsp3) is 0.923. The van der Waals surface area contributed by atoms with Crippen molar-refractivity contribution in [1.82, 2.24) is 4.90 Å². The van der Waals surface area contributed by atoms with Crippen molar-refractivity contribution in [1.29, 1.82) is 0 Å². The second kappa shape index (κ2) is 4.25. The van der Waals surface area contributed by atoms with Crippen LogP contribution in [-0.4, -0.2) is 30.3 Å². The smallest absolute Gasteiger partial charge is 0.152 e. The lowest BCUT2D eigenvalue weighted by atomic mass is 9.81. The van der Waals surface area contributed by atoms with E-state index in [9.17, 15) is 4.79 Å². The van der Waals surface area contributed by atoms with Crippen LogP contribution >= 0.6 is 0 Å². The molecular formula is C13H23NO. The Kier molecular flexibility index (Phi) is 3.15. The molecule has 1 saturated carbocycles. The highest BCUT2D eigenvalue weighted by Gasteiger charge is 2.39. The van der Waals surface area contributed by atoms with Crippen LogP contribution in [0.3, 0.4) is 0 Å². The first-order chi connectivity index (χ1) is 7.09. The highest BCUT2D eigenvalue weighted by molar-refractivity contribution is 5.85. The van der Waals surface area contributed by atoms with Crippen LogP contribution in [0.1, 0.15) is 39.5 Å². The second-order valence-corrected chi connectivity index (χ2v) is 5.70. The van der Waals surface area contributed by atoms with Crippen LogP contribution in [0.25, 0.3) is 0 Å². The van der Waals surface area contributed by atoms with Gasteiger partial charge in [-0.2, -0.15) is 0 Å². The van der Waals surface area contributed by atoms with Crippen molar-refractivity contribution < 1.29 is 4.79 Å². The second-order valence-electron chi connectivity index (χ2n) is 5.70. The molecule has 1 heterocycles. The Bertz CT molecular complexity index is 249. The molecule has 2 heteroatoms. The summed E-state index contributed by atoms with van der Waals surface area (Å²) in [4.78, 5) is 14.4. The van der Waals surface area contributed by atoms with Gasteiger partial charge in [-0.3, -0.25) is 9.69 Å². The molecule has 2 nitrogen and oxygen atoms in total. The summed E-state index contributed by atoms with van der Waals surface area (Å²) in [5.74, 6) is 2.36. The van der Waals surface area contributed by atoms with Crippen LogP contribution in [0.5, 0.6) is 0 Å². The van der Waals surface area contributed by atoms with E-state index in [2.05, 4.69) is 11.9 Å². The molecule has 0 spiro atoms. The summed E-state index contributed by atoms with van der Waals surface area (Å²) in [5, 5.41) is 0. The predicted molar refractivity (Wildman–Crippen MR) is 61.7 cm³/mol. The normalized spacial score (nSPS) is 36.9. The fourth-order valence-corrected chi connectivity index (χ4v) is 3.35. The number of hydrogen-bond donors (Lipinski definition) is 0. The minimum atomic E-state index is 0.190. The lowest BCUT2D eigenvalue weighted by Gasteiger charge is -2.39. The average molecular weight is 209 g/mol. The molecule has 86 valence electrons. The van der Waals surface area contributed by atoms with Gasteiger partial charge in [-0.1, -0.05) is 26.7 Å². The van der Waals surface area contributed by atoms with Crippen molar-refractivity contribution >= 4 is 5.78 Å². The molecule has 0 aromatic heterocycles. The van der Waals surface area contributed by atoms with E-state index in [0.717, 1.165) is 24.8 Å². The van der Waals surface area contributed by atoms with Crippen molar-refractivity contribution in [3.05, 3.63) is 0 Å². The molecule has 2 aliphatic rings. The number of fused-ring (bicyclic) bond motifs is 1. The van der Waals surface area contributed by atoms with Crippen LogP contribution in [0.15, 0.2) is 0 Å². The Balaban J connectivity index is 2.04. The zero-order valence-electron chi connectivity index (χ0n) is 10.2. The Hall–Kier alpha value is -0.370. The Morgan fingerprint density at radius 1 is 1.27 bits per heavy atom. The van der Waals surface area contributed by atoms with Gasteiger partial charge < -0.3 is 0 Å². The predicted octanol–water partition coefficient (Wildman–Crippen LogP) is 2.33. The van der Waals surface area contributed by atoms with Crippen molar-refractivity contribution in [2.75, 3.05) is 13.6 Å². The van der Waals surface area contributed by atoms with Crippen LogP contribution < -0.4 is 0 Å². The maximum atomic E-state index is 12.1. The van der Waals surface area contributed by atoms with E-state index in [1.165, 1.54) is 19.3 Å². The monoisotopic (exact) mass is 209 g/mol. The molecule has 2 rings (SSSR count). The SMILES string of the molecule is CC(C)C(=O)C1CC2CCCC2CN1C. The largest absolute Gasteiger partial charge is 0.298 e. The molecule has 1 saturated heterocycles.